The maximum atomic E-state index is 12.3. The minimum atomic E-state index is -0.848. The number of hydrogen-bond acceptors (Lipinski definition) is 6. The van der Waals surface area contributed by atoms with Gasteiger partial charge in [0.1, 0.15) is 5.82 Å². The molecular formula is C21H25N5O4. The minimum Gasteiger partial charge on any atom is -0.465 e. The Hall–Kier alpha value is -3.20. The van der Waals surface area contributed by atoms with Crippen LogP contribution < -0.4 is 5.32 Å². The van der Waals surface area contributed by atoms with Crippen molar-refractivity contribution in [1.29, 1.82) is 0 Å². The van der Waals surface area contributed by atoms with Crippen LogP contribution in [0.3, 0.4) is 0 Å². The lowest BCUT2D eigenvalue weighted by atomic mass is 9.97. The number of aliphatic hydroxyl groups is 1. The number of aromatic nitrogens is 2. The van der Waals surface area contributed by atoms with Crippen molar-refractivity contribution in [2.24, 2.45) is 5.92 Å². The highest BCUT2D eigenvalue weighted by Gasteiger charge is 2.29. The van der Waals surface area contributed by atoms with Gasteiger partial charge >= 0.3 is 6.09 Å². The number of likely N-dealkylation sites (tertiary alicyclic amines) is 2. The van der Waals surface area contributed by atoms with E-state index in [2.05, 4.69) is 15.3 Å². The number of carbonyl (C=O) groups is 2. The van der Waals surface area contributed by atoms with Crippen LogP contribution in [0.2, 0.25) is 0 Å². The summed E-state index contributed by atoms with van der Waals surface area (Å²) < 4.78 is 0. The van der Waals surface area contributed by atoms with E-state index in [1.807, 2.05) is 12.1 Å². The highest BCUT2D eigenvalue weighted by atomic mass is 16.4. The van der Waals surface area contributed by atoms with Crippen molar-refractivity contribution in [3.05, 3.63) is 42.2 Å². The van der Waals surface area contributed by atoms with E-state index < -0.39 is 12.2 Å². The lowest BCUT2D eigenvalue weighted by Crippen LogP contribution is -2.53. The normalized spacial score (nSPS) is 17.5. The molecule has 2 aliphatic heterocycles. The molecule has 4 rings (SSSR count). The molecular weight excluding hydrogens is 386 g/mol. The van der Waals surface area contributed by atoms with Gasteiger partial charge in [0.15, 0.2) is 0 Å². The Morgan fingerprint density at radius 1 is 1.03 bits per heavy atom. The predicted octanol–water partition coefficient (Wildman–Crippen LogP) is 1.76. The number of benzene rings is 1. The maximum absolute atomic E-state index is 12.3. The third kappa shape index (κ3) is 4.51. The first kappa shape index (κ1) is 20.1. The topological polar surface area (TPSA) is 119 Å². The number of rotatable bonds is 5. The number of anilines is 1. The van der Waals surface area contributed by atoms with E-state index in [9.17, 15) is 14.7 Å². The van der Waals surface area contributed by atoms with Gasteiger partial charge in [-0.2, -0.15) is 0 Å². The van der Waals surface area contributed by atoms with Gasteiger partial charge in [0.25, 0.3) is 5.91 Å². The van der Waals surface area contributed by atoms with E-state index in [4.69, 9.17) is 5.11 Å². The summed E-state index contributed by atoms with van der Waals surface area (Å²) >= 11 is 0. The third-order valence-electron chi connectivity index (χ3n) is 5.69. The summed E-state index contributed by atoms with van der Waals surface area (Å²) in [6.07, 6.45) is 3.80. The van der Waals surface area contributed by atoms with Crippen LogP contribution >= 0.6 is 0 Å². The summed E-state index contributed by atoms with van der Waals surface area (Å²) in [5.41, 5.74) is 2.18. The molecule has 0 bridgehead atoms. The Kier molecular flexibility index (Phi) is 5.80. The molecule has 3 heterocycles. The van der Waals surface area contributed by atoms with Gasteiger partial charge in [-0.3, -0.25) is 9.78 Å². The van der Waals surface area contributed by atoms with Gasteiger partial charge in [-0.25, -0.2) is 9.78 Å². The molecule has 0 spiro atoms. The average Bonchev–Trinajstić information content (AvgIpc) is 2.76. The van der Waals surface area contributed by atoms with E-state index in [0.717, 1.165) is 24.9 Å². The van der Waals surface area contributed by atoms with Crippen LogP contribution in [0, 0.1) is 5.92 Å². The molecule has 2 aliphatic rings. The van der Waals surface area contributed by atoms with E-state index >= 15 is 0 Å². The van der Waals surface area contributed by atoms with Gasteiger partial charge in [0.2, 0.25) is 0 Å². The molecule has 30 heavy (non-hydrogen) atoms. The molecule has 9 nitrogen and oxygen atoms in total. The SMILES string of the molecule is O=C(O)N1CCC(CNc2cnc(-c3ccc(C(=O)N4CC(O)C4)cc3)cn2)CC1. The zero-order chi connectivity index (χ0) is 21.1. The number of aliphatic hydroxyl groups excluding tert-OH is 1. The van der Waals surface area contributed by atoms with Crippen LogP contribution in [0.1, 0.15) is 23.2 Å². The van der Waals surface area contributed by atoms with Crippen LogP contribution in [0.25, 0.3) is 11.3 Å². The summed E-state index contributed by atoms with van der Waals surface area (Å²) in [5, 5.41) is 21.6. The molecule has 1 aromatic heterocycles. The van der Waals surface area contributed by atoms with E-state index in [-0.39, 0.29) is 5.91 Å². The Morgan fingerprint density at radius 2 is 1.73 bits per heavy atom. The average molecular weight is 411 g/mol. The van der Waals surface area contributed by atoms with Gasteiger partial charge < -0.3 is 25.3 Å². The fourth-order valence-corrected chi connectivity index (χ4v) is 3.73. The van der Waals surface area contributed by atoms with Gasteiger partial charge in [-0.15, -0.1) is 0 Å². The molecule has 2 amide bonds. The van der Waals surface area contributed by atoms with Crippen molar-refractivity contribution in [3.8, 4) is 11.3 Å². The lowest BCUT2D eigenvalue weighted by Gasteiger charge is -2.35. The summed E-state index contributed by atoms with van der Waals surface area (Å²) in [6, 6.07) is 7.22. The van der Waals surface area contributed by atoms with Gasteiger partial charge in [-0.05, 0) is 30.9 Å². The largest absolute Gasteiger partial charge is 0.465 e. The van der Waals surface area contributed by atoms with Gasteiger partial charge in [0, 0.05) is 43.9 Å². The number of nitrogens with one attached hydrogen (secondary N) is 1. The Balaban J connectivity index is 1.29. The monoisotopic (exact) mass is 411 g/mol. The molecule has 1 aromatic carbocycles. The van der Waals surface area contributed by atoms with E-state index in [1.165, 1.54) is 4.90 Å². The van der Waals surface area contributed by atoms with Gasteiger partial charge in [0.05, 0.1) is 24.2 Å². The standard InChI is InChI=1S/C21H25N5O4/c27-17-12-26(13-17)20(28)16-3-1-15(2-4-16)18-10-24-19(11-22-18)23-9-14-5-7-25(8-6-14)21(29)30/h1-4,10-11,14,17,27H,5-9,12-13H2,(H,23,24)(H,29,30). The molecule has 2 fully saturated rings. The molecule has 3 N–H and O–H groups in total. The molecule has 0 saturated carbocycles. The fraction of sp³-hybridized carbons (Fsp3) is 0.429. The molecule has 0 unspecified atom stereocenters. The second kappa shape index (κ2) is 8.66. The number of β-amino-alcohol motifs (C(OH)–C–C–N with tert-alkyl or cyclic N) is 1. The van der Waals surface area contributed by atoms with Crippen LogP contribution in [0.4, 0.5) is 10.6 Å². The smallest absolute Gasteiger partial charge is 0.407 e. The maximum Gasteiger partial charge on any atom is 0.407 e. The van der Waals surface area contributed by atoms with E-state index in [0.29, 0.717) is 49.2 Å². The first-order valence-electron chi connectivity index (χ1n) is 10.1. The summed E-state index contributed by atoms with van der Waals surface area (Å²) in [6.45, 7) is 2.66. The fourth-order valence-electron chi connectivity index (χ4n) is 3.73. The minimum absolute atomic E-state index is 0.0772. The molecule has 158 valence electrons. The molecule has 0 radical (unpaired) electrons. The summed E-state index contributed by atoms with van der Waals surface area (Å²) in [7, 11) is 0. The lowest BCUT2D eigenvalue weighted by molar-refractivity contribution is 0.00589. The first-order valence-corrected chi connectivity index (χ1v) is 10.1. The highest BCUT2D eigenvalue weighted by Crippen LogP contribution is 2.21. The number of hydrogen-bond donors (Lipinski definition) is 3. The van der Waals surface area contributed by atoms with Gasteiger partial charge in [-0.1, -0.05) is 12.1 Å². The van der Waals surface area contributed by atoms with Crippen LogP contribution in [0.15, 0.2) is 36.7 Å². The first-order chi connectivity index (χ1) is 14.5. The number of amides is 2. The van der Waals surface area contributed by atoms with Crippen molar-refractivity contribution in [2.45, 2.75) is 18.9 Å². The zero-order valence-electron chi connectivity index (χ0n) is 16.6. The zero-order valence-corrected chi connectivity index (χ0v) is 16.6. The number of piperidine rings is 1. The van der Waals surface area contributed by atoms with Crippen molar-refractivity contribution in [3.63, 3.8) is 0 Å². The van der Waals surface area contributed by atoms with Crippen molar-refractivity contribution in [1.82, 2.24) is 19.8 Å². The Labute approximate surface area is 174 Å². The molecule has 2 saturated heterocycles. The second-order valence-corrected chi connectivity index (χ2v) is 7.82. The Morgan fingerprint density at radius 3 is 2.30 bits per heavy atom. The molecule has 9 heteroatoms. The summed E-state index contributed by atoms with van der Waals surface area (Å²) in [4.78, 5) is 35.2. The second-order valence-electron chi connectivity index (χ2n) is 7.82. The van der Waals surface area contributed by atoms with Crippen molar-refractivity contribution in [2.75, 3.05) is 38.0 Å². The van der Waals surface area contributed by atoms with Crippen LogP contribution in [-0.2, 0) is 0 Å². The highest BCUT2D eigenvalue weighted by molar-refractivity contribution is 5.95. The quantitative estimate of drug-likeness (QED) is 0.686. The van der Waals surface area contributed by atoms with Crippen molar-refractivity contribution >= 4 is 17.8 Å². The molecule has 0 atom stereocenters. The molecule has 2 aromatic rings. The van der Waals surface area contributed by atoms with E-state index in [1.54, 1.807) is 29.4 Å². The van der Waals surface area contributed by atoms with Crippen LogP contribution in [0.5, 0.6) is 0 Å². The predicted molar refractivity (Wildman–Crippen MR) is 110 cm³/mol. The number of nitrogens with zero attached hydrogens (tertiary/aromatic N) is 4. The third-order valence-corrected chi connectivity index (χ3v) is 5.69. The number of carbonyl (C=O) groups excluding carboxylic acids is 1. The van der Waals surface area contributed by atoms with Crippen molar-refractivity contribution < 1.29 is 19.8 Å². The number of carboxylic acid groups (broad SMARTS) is 1. The summed E-state index contributed by atoms with van der Waals surface area (Å²) in [5.74, 6) is 1.02. The molecule has 0 aliphatic carbocycles. The van der Waals surface area contributed by atoms with Crippen LogP contribution in [-0.4, -0.2) is 80.8 Å². The Bertz CT molecular complexity index is 889.